The number of carboxylic acid groups (broad SMARTS) is 1. The first-order valence-electron chi connectivity index (χ1n) is 11.9. The number of aryl methyl sites for hydroxylation is 1. The van der Waals surface area contributed by atoms with E-state index in [0.29, 0.717) is 44.7 Å². The number of hydrogen-bond donors (Lipinski definition) is 3. The second-order valence-electron chi connectivity index (χ2n) is 8.84. The minimum atomic E-state index is -1.08. The van der Waals surface area contributed by atoms with Gasteiger partial charge in [0.2, 0.25) is 0 Å². The summed E-state index contributed by atoms with van der Waals surface area (Å²) in [5, 5.41) is 17.3. The van der Waals surface area contributed by atoms with Gasteiger partial charge in [-0.1, -0.05) is 46.9 Å². The number of nitrogens with one attached hydrogen (secondary N) is 2. The molecule has 5 rings (SSSR count). The van der Waals surface area contributed by atoms with E-state index < -0.39 is 17.8 Å². The van der Waals surface area contributed by atoms with Crippen molar-refractivity contribution < 1.29 is 19.4 Å². The molecule has 0 radical (unpaired) electrons. The Bertz CT molecular complexity index is 1740. The number of halogens is 3. The van der Waals surface area contributed by atoms with Crippen molar-refractivity contribution in [3.05, 3.63) is 98.3 Å². The van der Waals surface area contributed by atoms with Crippen molar-refractivity contribution in [3.63, 3.8) is 0 Å². The number of aromatic nitrogens is 5. The normalized spacial score (nSPS) is 11.9. The molecule has 0 saturated heterocycles. The van der Waals surface area contributed by atoms with Gasteiger partial charge in [0.15, 0.2) is 0 Å². The Morgan fingerprint density at radius 3 is 2.50 bits per heavy atom. The number of nitrogens with zero attached hydrogens (tertiary/aromatic N) is 4. The van der Waals surface area contributed by atoms with Crippen LogP contribution in [0.3, 0.4) is 0 Å². The summed E-state index contributed by atoms with van der Waals surface area (Å²) in [6.07, 6.45) is 1.52. The van der Waals surface area contributed by atoms with Crippen molar-refractivity contribution in [2.45, 2.75) is 12.8 Å². The Kier molecular flexibility index (Phi) is 7.66. The van der Waals surface area contributed by atoms with Gasteiger partial charge in [0.05, 0.1) is 55.9 Å². The van der Waals surface area contributed by atoms with Crippen LogP contribution in [0, 0.1) is 6.92 Å². The van der Waals surface area contributed by atoms with Gasteiger partial charge in [-0.15, -0.1) is 0 Å². The van der Waals surface area contributed by atoms with Crippen LogP contribution in [0.4, 0.5) is 0 Å². The molecule has 3 N–H and O–H groups in total. The molecule has 5 aromatic rings. The van der Waals surface area contributed by atoms with Crippen LogP contribution < -0.4 is 10.1 Å². The van der Waals surface area contributed by atoms with Gasteiger partial charge in [0.1, 0.15) is 23.7 Å². The van der Waals surface area contributed by atoms with E-state index >= 15 is 0 Å². The van der Waals surface area contributed by atoms with Crippen LogP contribution in [0.1, 0.15) is 43.8 Å². The second-order valence-corrected chi connectivity index (χ2v) is 10.1. The van der Waals surface area contributed by atoms with Gasteiger partial charge in [-0.25, -0.2) is 19.4 Å². The molecular weight excluding hydrogens is 579 g/mol. The SMILES string of the molecule is COc1cc2nc(C(CNC(=O)c3c(Cl)cc(-n4cnc(C)n4)cc3Cl)c3cccc(C(=O)O)c3)[nH]c2cc1Cl. The zero-order valence-electron chi connectivity index (χ0n) is 21.1. The summed E-state index contributed by atoms with van der Waals surface area (Å²) in [5.74, 6) is -0.646. The zero-order valence-corrected chi connectivity index (χ0v) is 23.3. The van der Waals surface area contributed by atoms with E-state index in [9.17, 15) is 14.7 Å². The average molecular weight is 600 g/mol. The number of imidazole rings is 1. The molecule has 10 nitrogen and oxygen atoms in total. The number of rotatable bonds is 8. The number of carboxylic acids is 1. The largest absolute Gasteiger partial charge is 0.495 e. The maximum absolute atomic E-state index is 13.3. The highest BCUT2D eigenvalue weighted by atomic mass is 35.5. The molecule has 0 spiro atoms. The molecule has 1 unspecified atom stereocenters. The fourth-order valence-corrected chi connectivity index (χ4v) is 5.16. The van der Waals surface area contributed by atoms with Gasteiger partial charge >= 0.3 is 5.97 Å². The van der Waals surface area contributed by atoms with E-state index in [1.807, 2.05) is 0 Å². The molecule has 3 aromatic carbocycles. The molecular formula is C27H21Cl3N6O4. The summed E-state index contributed by atoms with van der Waals surface area (Å²) >= 11 is 19.2. The molecule has 2 heterocycles. The van der Waals surface area contributed by atoms with Crippen molar-refractivity contribution in [1.82, 2.24) is 30.0 Å². The van der Waals surface area contributed by atoms with Gasteiger partial charge < -0.3 is 20.1 Å². The lowest BCUT2D eigenvalue weighted by molar-refractivity contribution is 0.0696. The second kappa shape index (κ2) is 11.2. The van der Waals surface area contributed by atoms with Gasteiger partial charge in [0, 0.05) is 12.6 Å². The lowest BCUT2D eigenvalue weighted by Crippen LogP contribution is -2.30. The molecule has 2 aromatic heterocycles. The first kappa shape index (κ1) is 27.4. The van der Waals surface area contributed by atoms with E-state index in [0.717, 1.165) is 0 Å². The van der Waals surface area contributed by atoms with Gasteiger partial charge in [-0.3, -0.25) is 4.79 Å². The summed E-state index contributed by atoms with van der Waals surface area (Å²) in [6, 6.07) is 12.9. The molecule has 40 heavy (non-hydrogen) atoms. The number of aromatic amines is 1. The van der Waals surface area contributed by atoms with Crippen molar-refractivity contribution in [1.29, 1.82) is 0 Å². The van der Waals surface area contributed by atoms with E-state index in [2.05, 4.69) is 25.4 Å². The average Bonchev–Trinajstić information content (AvgIpc) is 3.53. The van der Waals surface area contributed by atoms with Gasteiger partial charge in [-0.2, -0.15) is 5.10 Å². The molecule has 204 valence electrons. The summed E-state index contributed by atoms with van der Waals surface area (Å²) in [4.78, 5) is 37.0. The quantitative estimate of drug-likeness (QED) is 0.209. The number of hydrogen-bond acceptors (Lipinski definition) is 6. The highest BCUT2D eigenvalue weighted by Gasteiger charge is 2.24. The van der Waals surface area contributed by atoms with E-state index in [4.69, 9.17) is 39.5 Å². The molecule has 0 bridgehead atoms. The van der Waals surface area contributed by atoms with Crippen LogP contribution in [0.25, 0.3) is 16.7 Å². The Morgan fingerprint density at radius 2 is 1.85 bits per heavy atom. The van der Waals surface area contributed by atoms with E-state index in [-0.39, 0.29) is 27.7 Å². The summed E-state index contributed by atoms with van der Waals surface area (Å²) < 4.78 is 6.80. The standard InChI is InChI=1S/C27H21Cl3N6O4/c1-13-32-12-36(35-13)16-7-19(29)24(20(30)8-16)26(37)31-11-17(14-4-3-5-15(6-14)27(38)39)25-33-21-9-18(28)23(40-2)10-22(21)34-25/h3-10,12,17H,11H2,1-2H3,(H,31,37)(H,33,34)(H,38,39). The van der Waals surface area contributed by atoms with Crippen molar-refractivity contribution in [3.8, 4) is 11.4 Å². The number of carbonyl (C=O) groups is 2. The molecule has 13 heteroatoms. The topological polar surface area (TPSA) is 135 Å². The number of methoxy groups -OCH3 is 1. The van der Waals surface area contributed by atoms with E-state index in [1.165, 1.54) is 30.3 Å². The molecule has 0 aliphatic heterocycles. The van der Waals surface area contributed by atoms with Gasteiger partial charge in [0.25, 0.3) is 5.91 Å². The molecule has 1 amide bonds. The van der Waals surface area contributed by atoms with Crippen molar-refractivity contribution in [2.24, 2.45) is 0 Å². The Labute approximate surface area is 242 Å². The van der Waals surface area contributed by atoms with Crippen molar-refractivity contribution in [2.75, 3.05) is 13.7 Å². The monoisotopic (exact) mass is 598 g/mol. The third-order valence-corrected chi connectivity index (χ3v) is 7.12. The minimum Gasteiger partial charge on any atom is -0.495 e. The number of H-pyrrole nitrogens is 1. The summed E-state index contributed by atoms with van der Waals surface area (Å²) in [5.41, 5.74) is 2.59. The Hall–Kier alpha value is -4.12. The maximum Gasteiger partial charge on any atom is 0.335 e. The lowest BCUT2D eigenvalue weighted by atomic mass is 9.96. The van der Waals surface area contributed by atoms with Crippen LogP contribution in [0.15, 0.2) is 54.9 Å². The third-order valence-electron chi connectivity index (χ3n) is 6.23. The molecule has 0 saturated carbocycles. The number of ether oxygens (including phenoxy) is 1. The highest BCUT2D eigenvalue weighted by molar-refractivity contribution is 6.40. The van der Waals surface area contributed by atoms with Gasteiger partial charge in [-0.05, 0) is 42.8 Å². The number of fused-ring (bicyclic) bond motifs is 1. The molecule has 0 aliphatic carbocycles. The third kappa shape index (κ3) is 5.46. The number of amides is 1. The van der Waals surface area contributed by atoms with Crippen LogP contribution in [0.2, 0.25) is 15.1 Å². The first-order chi connectivity index (χ1) is 19.1. The predicted molar refractivity (Wildman–Crippen MR) is 151 cm³/mol. The fraction of sp³-hybridized carbons (Fsp3) is 0.148. The number of benzene rings is 3. The van der Waals surface area contributed by atoms with Crippen LogP contribution >= 0.6 is 34.8 Å². The van der Waals surface area contributed by atoms with Crippen LogP contribution in [0.5, 0.6) is 5.75 Å². The van der Waals surface area contributed by atoms with Crippen LogP contribution in [-0.4, -0.2) is 55.4 Å². The highest BCUT2D eigenvalue weighted by Crippen LogP contribution is 2.32. The predicted octanol–water partition coefficient (Wildman–Crippen LogP) is 5.68. The van der Waals surface area contributed by atoms with E-state index in [1.54, 1.807) is 43.3 Å². The number of carbonyl (C=O) groups excluding carboxylic acids is 1. The minimum absolute atomic E-state index is 0.0449. The Balaban J connectivity index is 1.48. The summed E-state index contributed by atoms with van der Waals surface area (Å²) in [7, 11) is 1.51. The van der Waals surface area contributed by atoms with Crippen LogP contribution in [-0.2, 0) is 0 Å². The molecule has 0 aliphatic rings. The molecule has 1 atom stereocenters. The lowest BCUT2D eigenvalue weighted by Gasteiger charge is -2.18. The first-order valence-corrected chi connectivity index (χ1v) is 13.0. The number of aromatic carboxylic acids is 1. The maximum atomic E-state index is 13.3. The summed E-state index contributed by atoms with van der Waals surface area (Å²) in [6.45, 7) is 1.79. The van der Waals surface area contributed by atoms with Crippen molar-refractivity contribution >= 4 is 57.7 Å². The fourth-order valence-electron chi connectivity index (χ4n) is 4.28. The molecule has 0 fully saturated rings. The zero-order chi connectivity index (χ0) is 28.6. The smallest absolute Gasteiger partial charge is 0.335 e. The Morgan fingerprint density at radius 1 is 1.10 bits per heavy atom.